The van der Waals surface area contributed by atoms with E-state index in [-0.39, 0.29) is 12.5 Å². The molecule has 0 saturated heterocycles. The first-order valence-electron chi connectivity index (χ1n) is 11.0. The van der Waals surface area contributed by atoms with Gasteiger partial charge in [-0.3, -0.25) is 4.79 Å². The third-order valence-corrected chi connectivity index (χ3v) is 6.94. The highest BCUT2D eigenvalue weighted by molar-refractivity contribution is 7.16. The van der Waals surface area contributed by atoms with Crippen LogP contribution in [0.1, 0.15) is 43.6 Å². The van der Waals surface area contributed by atoms with Gasteiger partial charge in [-0.2, -0.15) is 0 Å². The highest BCUT2D eigenvalue weighted by Gasteiger charge is 2.25. The molecular formula is C27H26N2O4S. The average molecular weight is 475 g/mol. The number of para-hydroxylation sites is 1. The number of esters is 1. The van der Waals surface area contributed by atoms with Crippen LogP contribution in [0, 0.1) is 20.8 Å². The van der Waals surface area contributed by atoms with E-state index >= 15 is 0 Å². The average Bonchev–Trinajstić information content (AvgIpc) is 3.11. The van der Waals surface area contributed by atoms with Crippen molar-refractivity contribution in [2.24, 2.45) is 0 Å². The molecule has 0 bridgehead atoms. The van der Waals surface area contributed by atoms with Crippen LogP contribution in [0.5, 0.6) is 5.75 Å². The smallest absolute Gasteiger partial charge is 0.341 e. The van der Waals surface area contributed by atoms with Crippen LogP contribution in [0.4, 0.5) is 5.00 Å². The van der Waals surface area contributed by atoms with E-state index in [0.717, 1.165) is 38.4 Å². The van der Waals surface area contributed by atoms with Crippen molar-refractivity contribution in [2.45, 2.75) is 27.7 Å². The molecule has 0 atom stereocenters. The topological polar surface area (TPSA) is 77.5 Å². The summed E-state index contributed by atoms with van der Waals surface area (Å²) >= 11 is 1.37. The molecule has 0 aliphatic rings. The standard InChI is InChI=1S/C27H26N2O4S/c1-6-33-27(31)23-15(2)17(4)34-26(23)29-25(30)22-16(3)24(18-11-13-19(32-5)14-12-18)28-21-10-8-7-9-20(21)22/h7-14H,6H2,1-5H3,(H,29,30). The summed E-state index contributed by atoms with van der Waals surface area (Å²) in [5, 5.41) is 4.23. The molecule has 0 unspecified atom stereocenters. The fourth-order valence-electron chi connectivity index (χ4n) is 3.96. The van der Waals surface area contributed by atoms with Gasteiger partial charge in [-0.25, -0.2) is 9.78 Å². The summed E-state index contributed by atoms with van der Waals surface area (Å²) in [4.78, 5) is 32.1. The van der Waals surface area contributed by atoms with Crippen LogP contribution >= 0.6 is 11.3 Å². The van der Waals surface area contributed by atoms with Crippen LogP contribution in [0.3, 0.4) is 0 Å². The zero-order chi connectivity index (χ0) is 24.4. The molecule has 1 amide bonds. The van der Waals surface area contributed by atoms with Crippen LogP contribution in [0.2, 0.25) is 0 Å². The van der Waals surface area contributed by atoms with Crippen LogP contribution in [0.25, 0.3) is 22.2 Å². The first kappa shape index (κ1) is 23.4. The van der Waals surface area contributed by atoms with Gasteiger partial charge >= 0.3 is 5.97 Å². The number of hydrogen-bond donors (Lipinski definition) is 1. The largest absolute Gasteiger partial charge is 0.497 e. The van der Waals surface area contributed by atoms with Crippen molar-refractivity contribution in [3.05, 3.63) is 75.7 Å². The minimum Gasteiger partial charge on any atom is -0.497 e. The van der Waals surface area contributed by atoms with Crippen molar-refractivity contribution < 1.29 is 19.1 Å². The molecule has 174 valence electrons. The van der Waals surface area contributed by atoms with Gasteiger partial charge in [0.15, 0.2) is 0 Å². The van der Waals surface area contributed by atoms with E-state index in [1.165, 1.54) is 11.3 Å². The molecule has 2 heterocycles. The zero-order valence-corrected chi connectivity index (χ0v) is 20.6. The number of hydrogen-bond acceptors (Lipinski definition) is 6. The van der Waals surface area contributed by atoms with Crippen LogP contribution in [-0.4, -0.2) is 30.6 Å². The van der Waals surface area contributed by atoms with Crippen molar-refractivity contribution in [3.63, 3.8) is 0 Å². The number of aromatic nitrogens is 1. The quantitative estimate of drug-likeness (QED) is 0.331. The Morgan fingerprint density at radius 2 is 1.68 bits per heavy atom. The maximum absolute atomic E-state index is 13.7. The molecule has 4 aromatic rings. The number of benzene rings is 2. The minimum atomic E-state index is -0.435. The Bertz CT molecular complexity index is 1390. The predicted molar refractivity (Wildman–Crippen MR) is 136 cm³/mol. The second-order valence-electron chi connectivity index (χ2n) is 7.87. The number of pyridine rings is 1. The maximum Gasteiger partial charge on any atom is 0.341 e. The van der Waals surface area contributed by atoms with E-state index in [4.69, 9.17) is 14.5 Å². The Hall–Kier alpha value is -3.71. The number of nitrogens with one attached hydrogen (secondary N) is 1. The summed E-state index contributed by atoms with van der Waals surface area (Å²) in [6, 6.07) is 15.2. The van der Waals surface area contributed by atoms with Crippen LogP contribution in [-0.2, 0) is 4.74 Å². The molecule has 1 N–H and O–H groups in total. The highest BCUT2D eigenvalue weighted by atomic mass is 32.1. The lowest BCUT2D eigenvalue weighted by Crippen LogP contribution is -2.17. The normalized spacial score (nSPS) is 10.9. The number of carbonyl (C=O) groups excluding carboxylic acids is 2. The van der Waals surface area contributed by atoms with Gasteiger partial charge in [0.2, 0.25) is 0 Å². The Labute approximate surface area is 202 Å². The number of rotatable bonds is 6. The van der Waals surface area contributed by atoms with Gasteiger partial charge in [0.1, 0.15) is 10.8 Å². The number of amides is 1. The lowest BCUT2D eigenvalue weighted by atomic mass is 9.97. The van der Waals surface area contributed by atoms with Crippen molar-refractivity contribution in [1.82, 2.24) is 4.98 Å². The third-order valence-electron chi connectivity index (χ3n) is 5.82. The molecule has 6 nitrogen and oxygen atoms in total. The van der Waals surface area contributed by atoms with E-state index in [0.29, 0.717) is 21.6 Å². The highest BCUT2D eigenvalue weighted by Crippen LogP contribution is 2.35. The molecule has 0 saturated carbocycles. The molecule has 0 radical (unpaired) electrons. The summed E-state index contributed by atoms with van der Waals surface area (Å²) in [6.45, 7) is 7.71. The number of nitrogens with zero attached hydrogens (tertiary/aromatic N) is 1. The number of thiophene rings is 1. The van der Waals surface area contributed by atoms with Gasteiger partial charge in [-0.15, -0.1) is 11.3 Å². The first-order valence-corrected chi connectivity index (χ1v) is 11.8. The molecule has 34 heavy (non-hydrogen) atoms. The molecule has 2 aromatic carbocycles. The molecule has 0 spiro atoms. The molecule has 2 aromatic heterocycles. The van der Waals surface area contributed by atoms with Crippen molar-refractivity contribution in [1.29, 1.82) is 0 Å². The number of fused-ring (bicyclic) bond motifs is 1. The Morgan fingerprint density at radius 3 is 2.35 bits per heavy atom. The third kappa shape index (κ3) is 4.26. The maximum atomic E-state index is 13.7. The van der Waals surface area contributed by atoms with Crippen molar-refractivity contribution in [2.75, 3.05) is 19.0 Å². The molecule has 0 aliphatic carbocycles. The number of carbonyl (C=O) groups is 2. The van der Waals surface area contributed by atoms with Crippen molar-refractivity contribution in [3.8, 4) is 17.0 Å². The lowest BCUT2D eigenvalue weighted by Gasteiger charge is -2.15. The molecule has 7 heteroatoms. The van der Waals surface area contributed by atoms with Gasteiger partial charge in [0, 0.05) is 15.8 Å². The summed E-state index contributed by atoms with van der Waals surface area (Å²) in [5.74, 6) is 0.0163. The van der Waals surface area contributed by atoms with Crippen LogP contribution in [0.15, 0.2) is 48.5 Å². The fraction of sp³-hybridized carbons (Fsp3) is 0.222. The molecule has 0 aliphatic heterocycles. The van der Waals surface area contributed by atoms with Gasteiger partial charge in [0.25, 0.3) is 5.91 Å². The second-order valence-corrected chi connectivity index (χ2v) is 9.09. The zero-order valence-electron chi connectivity index (χ0n) is 19.8. The summed E-state index contributed by atoms with van der Waals surface area (Å²) in [5.41, 5.74) is 4.81. The van der Waals surface area contributed by atoms with Gasteiger partial charge in [0.05, 0.1) is 36.1 Å². The Kier molecular flexibility index (Phi) is 6.65. The number of aryl methyl sites for hydroxylation is 1. The van der Waals surface area contributed by atoms with E-state index in [1.807, 2.05) is 69.3 Å². The van der Waals surface area contributed by atoms with E-state index in [2.05, 4.69) is 5.32 Å². The number of methoxy groups -OCH3 is 1. The van der Waals surface area contributed by atoms with E-state index in [9.17, 15) is 9.59 Å². The second kappa shape index (κ2) is 9.65. The monoisotopic (exact) mass is 474 g/mol. The summed E-state index contributed by atoms with van der Waals surface area (Å²) < 4.78 is 10.5. The van der Waals surface area contributed by atoms with E-state index in [1.54, 1.807) is 14.0 Å². The Balaban J connectivity index is 1.83. The predicted octanol–water partition coefficient (Wildman–Crippen LogP) is 6.33. The Morgan fingerprint density at radius 1 is 0.971 bits per heavy atom. The number of anilines is 1. The first-order chi connectivity index (χ1) is 16.3. The van der Waals surface area contributed by atoms with Gasteiger partial charge in [-0.05, 0) is 69.2 Å². The summed E-state index contributed by atoms with van der Waals surface area (Å²) in [7, 11) is 1.62. The van der Waals surface area contributed by atoms with Crippen LogP contribution < -0.4 is 10.1 Å². The van der Waals surface area contributed by atoms with Crippen molar-refractivity contribution >= 4 is 39.1 Å². The van der Waals surface area contributed by atoms with E-state index < -0.39 is 5.97 Å². The molecule has 0 fully saturated rings. The summed E-state index contributed by atoms with van der Waals surface area (Å²) in [6.07, 6.45) is 0. The SMILES string of the molecule is CCOC(=O)c1c(NC(=O)c2c(C)c(-c3ccc(OC)cc3)nc3ccccc23)sc(C)c1C. The fourth-order valence-corrected chi connectivity index (χ4v) is 5.00. The molecular weight excluding hydrogens is 448 g/mol. The van der Waals surface area contributed by atoms with Gasteiger partial charge < -0.3 is 14.8 Å². The number of ether oxygens (including phenoxy) is 2. The van der Waals surface area contributed by atoms with Gasteiger partial charge in [-0.1, -0.05) is 18.2 Å². The molecule has 4 rings (SSSR count). The lowest BCUT2D eigenvalue weighted by molar-refractivity contribution is 0.0527. The minimum absolute atomic E-state index is 0.264.